The molecule has 0 aliphatic heterocycles. The molecule has 0 aliphatic carbocycles. The summed E-state index contributed by atoms with van der Waals surface area (Å²) in [6.07, 6.45) is -3.44. The molecule has 0 bridgehead atoms. The number of halogens is 3. The summed E-state index contributed by atoms with van der Waals surface area (Å²) in [6, 6.07) is 6.42. The quantitative estimate of drug-likeness (QED) is 0.509. The van der Waals surface area contributed by atoms with Gasteiger partial charge >= 0.3 is 6.18 Å². The molecule has 0 atom stereocenters. The predicted molar refractivity (Wildman–Crippen MR) is 87.8 cm³/mol. The molecule has 25 heavy (non-hydrogen) atoms. The number of hydrogen-bond acceptors (Lipinski definition) is 5. The van der Waals surface area contributed by atoms with Gasteiger partial charge in [-0.3, -0.25) is 15.1 Å². The first-order chi connectivity index (χ1) is 11.6. The highest BCUT2D eigenvalue weighted by Gasteiger charge is 2.31. The fraction of sp³-hybridized carbons (Fsp3) is 0.188. The second-order valence-corrected chi connectivity index (χ2v) is 5.35. The molecule has 0 aliphatic rings. The first-order valence-corrected chi connectivity index (χ1v) is 6.99. The van der Waals surface area contributed by atoms with E-state index in [1.54, 1.807) is 19.0 Å². The van der Waals surface area contributed by atoms with Crippen molar-refractivity contribution in [2.24, 2.45) is 4.99 Å². The summed E-state index contributed by atoms with van der Waals surface area (Å²) in [6.45, 7) is 0. The molecule has 2 rings (SSSR count). The third kappa shape index (κ3) is 4.25. The maximum Gasteiger partial charge on any atom is 0.416 e. The molecule has 6 nitrogen and oxygen atoms in total. The Bertz CT molecular complexity index is 833. The molecule has 0 aromatic heterocycles. The summed E-state index contributed by atoms with van der Waals surface area (Å²) in [5, 5.41) is 20.5. The second-order valence-electron chi connectivity index (χ2n) is 5.35. The molecule has 0 radical (unpaired) electrons. The van der Waals surface area contributed by atoms with Crippen molar-refractivity contribution in [1.29, 1.82) is 0 Å². The highest BCUT2D eigenvalue weighted by Crippen LogP contribution is 2.36. The lowest BCUT2D eigenvalue weighted by molar-refractivity contribution is -0.384. The molecule has 132 valence electrons. The maximum absolute atomic E-state index is 12.9. The Morgan fingerprint density at radius 3 is 2.44 bits per heavy atom. The van der Waals surface area contributed by atoms with Gasteiger partial charge in [-0.25, -0.2) is 0 Å². The normalized spacial score (nSPS) is 11.7. The maximum atomic E-state index is 12.9. The van der Waals surface area contributed by atoms with Crippen LogP contribution in [0.5, 0.6) is 5.75 Å². The van der Waals surface area contributed by atoms with Crippen LogP contribution in [0.25, 0.3) is 0 Å². The third-order valence-electron chi connectivity index (χ3n) is 3.35. The van der Waals surface area contributed by atoms with Crippen LogP contribution in [0.3, 0.4) is 0 Å². The number of non-ortho nitro benzene ring substituents is 1. The van der Waals surface area contributed by atoms with Crippen LogP contribution in [0.1, 0.15) is 11.1 Å². The second kappa shape index (κ2) is 6.80. The summed E-state index contributed by atoms with van der Waals surface area (Å²) in [4.78, 5) is 15.7. The molecule has 9 heteroatoms. The molecule has 2 aromatic carbocycles. The fourth-order valence-corrected chi connectivity index (χ4v) is 2.08. The number of aliphatic imine (C=N–C) groups is 1. The van der Waals surface area contributed by atoms with E-state index in [4.69, 9.17) is 0 Å². The number of phenols is 1. The lowest BCUT2D eigenvalue weighted by Gasteiger charge is -2.17. The zero-order valence-electron chi connectivity index (χ0n) is 13.3. The molecule has 0 amide bonds. The van der Waals surface area contributed by atoms with Gasteiger partial charge in [-0.05, 0) is 24.3 Å². The monoisotopic (exact) mass is 353 g/mol. The van der Waals surface area contributed by atoms with Gasteiger partial charge in [-0.2, -0.15) is 13.2 Å². The smallest absolute Gasteiger partial charge is 0.416 e. The van der Waals surface area contributed by atoms with Gasteiger partial charge < -0.3 is 10.0 Å². The van der Waals surface area contributed by atoms with Gasteiger partial charge in [0.15, 0.2) is 0 Å². The number of phenolic OH excluding ortho intramolecular Hbond substituents is 1. The average molecular weight is 353 g/mol. The summed E-state index contributed by atoms with van der Waals surface area (Å²) < 4.78 is 38.7. The minimum absolute atomic E-state index is 0.0192. The number of alkyl halides is 3. The molecule has 0 spiro atoms. The number of nitro groups is 1. The number of nitro benzene ring substituents is 1. The summed E-state index contributed by atoms with van der Waals surface area (Å²) in [5.41, 5.74) is -0.666. The molecular weight excluding hydrogens is 339 g/mol. The van der Waals surface area contributed by atoms with Gasteiger partial charge in [0.1, 0.15) is 5.75 Å². The van der Waals surface area contributed by atoms with E-state index in [-0.39, 0.29) is 22.7 Å². The Kier molecular flexibility index (Phi) is 4.96. The highest BCUT2D eigenvalue weighted by atomic mass is 19.4. The van der Waals surface area contributed by atoms with Crippen molar-refractivity contribution in [1.82, 2.24) is 0 Å². The molecule has 0 saturated carbocycles. The van der Waals surface area contributed by atoms with Crippen molar-refractivity contribution in [2.75, 3.05) is 19.0 Å². The summed E-state index contributed by atoms with van der Waals surface area (Å²) in [7, 11) is 3.29. The molecule has 1 N–H and O–H groups in total. The van der Waals surface area contributed by atoms with Crippen molar-refractivity contribution < 1.29 is 23.2 Å². The van der Waals surface area contributed by atoms with Crippen LogP contribution in [-0.4, -0.2) is 30.3 Å². The first kappa shape index (κ1) is 18.2. The Morgan fingerprint density at radius 1 is 1.20 bits per heavy atom. The van der Waals surface area contributed by atoms with Crippen molar-refractivity contribution in [3.8, 4) is 5.75 Å². The Balaban J connectivity index is 2.50. The number of rotatable bonds is 4. The van der Waals surface area contributed by atoms with Crippen LogP contribution in [0.15, 0.2) is 41.4 Å². The topological polar surface area (TPSA) is 79.0 Å². The van der Waals surface area contributed by atoms with E-state index in [2.05, 4.69) is 4.99 Å². The van der Waals surface area contributed by atoms with E-state index in [1.165, 1.54) is 6.07 Å². The van der Waals surface area contributed by atoms with Gasteiger partial charge in [-0.1, -0.05) is 0 Å². The van der Waals surface area contributed by atoms with Crippen LogP contribution < -0.4 is 4.90 Å². The zero-order valence-corrected chi connectivity index (χ0v) is 13.3. The molecule has 0 unspecified atom stereocenters. The van der Waals surface area contributed by atoms with Crippen LogP contribution in [0, 0.1) is 10.1 Å². The number of aromatic hydroxyl groups is 1. The summed E-state index contributed by atoms with van der Waals surface area (Å²) in [5.74, 6) is -0.271. The van der Waals surface area contributed by atoms with Crippen LogP contribution in [0.4, 0.5) is 30.2 Å². The zero-order chi connectivity index (χ0) is 18.8. The average Bonchev–Trinajstić information content (AvgIpc) is 2.52. The number of anilines is 1. The highest BCUT2D eigenvalue weighted by molar-refractivity contribution is 5.88. The number of benzene rings is 2. The van der Waals surface area contributed by atoms with Gasteiger partial charge in [0.25, 0.3) is 5.69 Å². The third-order valence-corrected chi connectivity index (χ3v) is 3.35. The lowest BCUT2D eigenvalue weighted by atomic mass is 10.1. The van der Waals surface area contributed by atoms with E-state index in [0.29, 0.717) is 5.69 Å². The molecule has 0 saturated heterocycles. The van der Waals surface area contributed by atoms with E-state index < -0.39 is 16.7 Å². The standard InChI is InChI=1S/C16H14F3N3O3/c1-21(2)14-5-3-11(16(17,18)19)8-13(14)20-9-10-7-12(22(24)25)4-6-15(10)23/h3-9,23H,1-2H3. The molecule has 0 heterocycles. The van der Waals surface area contributed by atoms with Crippen LogP contribution in [0.2, 0.25) is 0 Å². The number of hydrogen-bond donors (Lipinski definition) is 1. The number of nitrogens with zero attached hydrogens (tertiary/aromatic N) is 3. The van der Waals surface area contributed by atoms with Gasteiger partial charge in [-0.15, -0.1) is 0 Å². The fourth-order valence-electron chi connectivity index (χ4n) is 2.08. The van der Waals surface area contributed by atoms with Crippen molar-refractivity contribution >= 4 is 23.3 Å². The van der Waals surface area contributed by atoms with E-state index in [1.807, 2.05) is 0 Å². The van der Waals surface area contributed by atoms with Gasteiger partial charge in [0.2, 0.25) is 0 Å². The Hall–Kier alpha value is -3.10. The summed E-state index contributed by atoms with van der Waals surface area (Å²) >= 11 is 0. The molecule has 2 aromatic rings. The van der Waals surface area contributed by atoms with Crippen molar-refractivity contribution in [3.63, 3.8) is 0 Å². The van der Waals surface area contributed by atoms with E-state index >= 15 is 0 Å². The predicted octanol–water partition coefficient (Wildman–Crippen LogP) is 4.14. The molecular formula is C16H14F3N3O3. The van der Waals surface area contributed by atoms with Gasteiger partial charge in [0, 0.05) is 38.0 Å². The SMILES string of the molecule is CN(C)c1ccc(C(F)(F)F)cc1N=Cc1cc([N+](=O)[O-])ccc1O. The Morgan fingerprint density at radius 2 is 1.88 bits per heavy atom. The largest absolute Gasteiger partial charge is 0.507 e. The van der Waals surface area contributed by atoms with Crippen LogP contribution in [-0.2, 0) is 6.18 Å². The Labute approximate surface area is 141 Å². The van der Waals surface area contributed by atoms with Crippen molar-refractivity contribution in [3.05, 3.63) is 57.6 Å². The van der Waals surface area contributed by atoms with E-state index in [0.717, 1.165) is 36.5 Å². The minimum atomic E-state index is -4.53. The van der Waals surface area contributed by atoms with Crippen LogP contribution >= 0.6 is 0 Å². The van der Waals surface area contributed by atoms with Gasteiger partial charge in [0.05, 0.1) is 21.9 Å². The molecule has 0 fully saturated rings. The van der Waals surface area contributed by atoms with Crippen molar-refractivity contribution in [2.45, 2.75) is 6.18 Å². The first-order valence-electron chi connectivity index (χ1n) is 6.99. The lowest BCUT2D eigenvalue weighted by Crippen LogP contribution is -2.10. The minimum Gasteiger partial charge on any atom is -0.507 e. The van der Waals surface area contributed by atoms with E-state index in [9.17, 15) is 28.4 Å².